The second kappa shape index (κ2) is 9.66. The fourth-order valence-electron chi connectivity index (χ4n) is 2.24. The fourth-order valence-corrected chi connectivity index (χ4v) is 2.24. The smallest absolute Gasteiger partial charge is 0.422 e. The SMILES string of the molecule is COc1cc(CCC(=O)N(C)CC(=O)OC(C)(C)C)ccc1OCC(F)(F)F. The number of rotatable bonds is 8. The van der Waals surface area contributed by atoms with Crippen LogP contribution < -0.4 is 9.47 Å². The van der Waals surface area contributed by atoms with Crippen molar-refractivity contribution < 1.29 is 37.0 Å². The van der Waals surface area contributed by atoms with Gasteiger partial charge in [-0.1, -0.05) is 6.07 Å². The number of esters is 1. The summed E-state index contributed by atoms with van der Waals surface area (Å²) in [6.45, 7) is 3.63. The summed E-state index contributed by atoms with van der Waals surface area (Å²) < 4.78 is 51.8. The summed E-state index contributed by atoms with van der Waals surface area (Å²) in [6.07, 6.45) is -4.01. The lowest BCUT2D eigenvalue weighted by molar-refractivity contribution is -0.158. The zero-order chi connectivity index (χ0) is 21.5. The molecule has 0 unspecified atom stereocenters. The molecule has 1 aromatic carbocycles. The Morgan fingerprint density at radius 1 is 1.11 bits per heavy atom. The first-order chi connectivity index (χ1) is 12.8. The van der Waals surface area contributed by atoms with Crippen molar-refractivity contribution >= 4 is 11.9 Å². The van der Waals surface area contributed by atoms with Crippen molar-refractivity contribution in [1.29, 1.82) is 0 Å². The molecule has 6 nitrogen and oxygen atoms in total. The van der Waals surface area contributed by atoms with Gasteiger partial charge in [0.2, 0.25) is 5.91 Å². The van der Waals surface area contributed by atoms with E-state index in [2.05, 4.69) is 0 Å². The average Bonchev–Trinajstić information content (AvgIpc) is 2.55. The van der Waals surface area contributed by atoms with Gasteiger partial charge >= 0.3 is 12.1 Å². The molecular formula is C19H26F3NO5. The predicted octanol–water partition coefficient (Wildman–Crippen LogP) is 3.37. The number of aryl methyl sites for hydroxylation is 1. The third-order valence-electron chi connectivity index (χ3n) is 3.46. The van der Waals surface area contributed by atoms with E-state index in [1.165, 1.54) is 31.2 Å². The number of halogens is 3. The minimum atomic E-state index is -4.45. The second-order valence-electron chi connectivity index (χ2n) is 7.23. The number of amides is 1. The first-order valence-corrected chi connectivity index (χ1v) is 8.63. The lowest BCUT2D eigenvalue weighted by Crippen LogP contribution is -2.36. The maximum atomic E-state index is 12.3. The molecule has 0 spiro atoms. The molecule has 28 heavy (non-hydrogen) atoms. The van der Waals surface area contributed by atoms with Gasteiger partial charge in [0.05, 0.1) is 7.11 Å². The lowest BCUT2D eigenvalue weighted by atomic mass is 10.1. The molecule has 0 radical (unpaired) electrons. The number of hydrogen-bond acceptors (Lipinski definition) is 5. The monoisotopic (exact) mass is 405 g/mol. The predicted molar refractivity (Wildman–Crippen MR) is 96.3 cm³/mol. The Morgan fingerprint density at radius 3 is 2.29 bits per heavy atom. The Hall–Kier alpha value is -2.45. The van der Waals surface area contributed by atoms with Crippen molar-refractivity contribution in [3.8, 4) is 11.5 Å². The van der Waals surface area contributed by atoms with E-state index >= 15 is 0 Å². The van der Waals surface area contributed by atoms with Crippen molar-refractivity contribution in [2.24, 2.45) is 0 Å². The molecule has 9 heteroatoms. The van der Waals surface area contributed by atoms with Gasteiger partial charge in [-0.05, 0) is 44.9 Å². The van der Waals surface area contributed by atoms with Crippen LogP contribution in [-0.2, 0) is 20.7 Å². The Labute approximate surface area is 162 Å². The molecule has 158 valence electrons. The Kier molecular flexibility index (Phi) is 8.14. The van der Waals surface area contributed by atoms with Crippen molar-refractivity contribution in [2.75, 3.05) is 27.3 Å². The number of hydrogen-bond donors (Lipinski definition) is 0. The molecule has 1 rings (SSSR count). The molecule has 1 aromatic rings. The number of nitrogens with zero attached hydrogens (tertiary/aromatic N) is 1. The summed E-state index contributed by atoms with van der Waals surface area (Å²) in [4.78, 5) is 25.2. The number of ether oxygens (including phenoxy) is 3. The third kappa shape index (κ3) is 8.96. The summed E-state index contributed by atoms with van der Waals surface area (Å²) in [6, 6.07) is 4.46. The van der Waals surface area contributed by atoms with Gasteiger partial charge in [-0.2, -0.15) is 13.2 Å². The summed E-state index contributed by atoms with van der Waals surface area (Å²) in [5.74, 6) is -0.647. The Balaban J connectivity index is 2.61. The van der Waals surface area contributed by atoms with E-state index < -0.39 is 24.4 Å². The van der Waals surface area contributed by atoms with Crippen LogP contribution in [0.4, 0.5) is 13.2 Å². The molecule has 0 atom stereocenters. The molecule has 0 aliphatic carbocycles. The minimum Gasteiger partial charge on any atom is -0.493 e. The quantitative estimate of drug-likeness (QED) is 0.621. The molecule has 0 aliphatic heterocycles. The van der Waals surface area contributed by atoms with Crippen LogP contribution in [-0.4, -0.2) is 55.9 Å². The molecule has 0 saturated heterocycles. The second-order valence-corrected chi connectivity index (χ2v) is 7.23. The lowest BCUT2D eigenvalue weighted by Gasteiger charge is -2.22. The number of carbonyl (C=O) groups is 2. The number of likely N-dealkylation sites (N-methyl/N-ethyl adjacent to an activating group) is 1. The normalized spacial score (nSPS) is 11.7. The van der Waals surface area contributed by atoms with Crippen LogP contribution in [0.25, 0.3) is 0 Å². The summed E-state index contributed by atoms with van der Waals surface area (Å²) in [5.41, 5.74) is 0.0585. The van der Waals surface area contributed by atoms with Gasteiger partial charge in [0.25, 0.3) is 0 Å². The molecule has 0 aliphatic rings. The van der Waals surface area contributed by atoms with Gasteiger partial charge in [0.1, 0.15) is 12.1 Å². The molecule has 0 aromatic heterocycles. The molecule has 0 N–H and O–H groups in total. The summed E-state index contributed by atoms with van der Waals surface area (Å²) in [7, 11) is 2.82. The van der Waals surface area contributed by atoms with Gasteiger partial charge in [-0.15, -0.1) is 0 Å². The zero-order valence-electron chi connectivity index (χ0n) is 16.7. The first-order valence-electron chi connectivity index (χ1n) is 8.63. The van der Waals surface area contributed by atoms with Crippen LogP contribution in [0.2, 0.25) is 0 Å². The van der Waals surface area contributed by atoms with E-state index in [0.717, 1.165) is 0 Å². The van der Waals surface area contributed by atoms with Crippen molar-refractivity contribution in [3.63, 3.8) is 0 Å². The molecule has 1 amide bonds. The highest BCUT2D eigenvalue weighted by Crippen LogP contribution is 2.30. The Bertz CT molecular complexity index is 683. The van der Waals surface area contributed by atoms with E-state index in [0.29, 0.717) is 12.0 Å². The van der Waals surface area contributed by atoms with Gasteiger partial charge in [0, 0.05) is 13.5 Å². The maximum absolute atomic E-state index is 12.3. The molecule has 0 fully saturated rings. The maximum Gasteiger partial charge on any atom is 0.422 e. The molecule has 0 saturated carbocycles. The first kappa shape index (κ1) is 23.6. The molecular weight excluding hydrogens is 379 g/mol. The highest BCUT2D eigenvalue weighted by atomic mass is 19.4. The highest BCUT2D eigenvalue weighted by Gasteiger charge is 2.29. The number of alkyl halides is 3. The van der Waals surface area contributed by atoms with E-state index in [1.54, 1.807) is 26.8 Å². The Morgan fingerprint density at radius 2 is 1.75 bits per heavy atom. The molecule has 0 bridgehead atoms. The van der Waals surface area contributed by atoms with E-state index in [4.69, 9.17) is 14.2 Å². The number of methoxy groups -OCH3 is 1. The molecule has 0 heterocycles. The third-order valence-corrected chi connectivity index (χ3v) is 3.46. The fraction of sp³-hybridized carbons (Fsp3) is 0.579. The zero-order valence-corrected chi connectivity index (χ0v) is 16.7. The van der Waals surface area contributed by atoms with Crippen LogP contribution in [0.15, 0.2) is 18.2 Å². The van der Waals surface area contributed by atoms with E-state index in [-0.39, 0.29) is 30.4 Å². The van der Waals surface area contributed by atoms with Crippen LogP contribution in [0.1, 0.15) is 32.8 Å². The number of carbonyl (C=O) groups excluding carboxylic acids is 2. The van der Waals surface area contributed by atoms with Gasteiger partial charge in [0.15, 0.2) is 18.1 Å². The van der Waals surface area contributed by atoms with Crippen molar-refractivity contribution in [2.45, 2.75) is 45.4 Å². The van der Waals surface area contributed by atoms with Crippen LogP contribution in [0.3, 0.4) is 0 Å². The van der Waals surface area contributed by atoms with E-state index in [1.807, 2.05) is 0 Å². The van der Waals surface area contributed by atoms with Gasteiger partial charge < -0.3 is 19.1 Å². The van der Waals surface area contributed by atoms with Crippen molar-refractivity contribution in [1.82, 2.24) is 4.90 Å². The summed E-state index contributed by atoms with van der Waals surface area (Å²) in [5, 5.41) is 0. The van der Waals surface area contributed by atoms with Crippen LogP contribution in [0.5, 0.6) is 11.5 Å². The summed E-state index contributed by atoms with van der Waals surface area (Å²) >= 11 is 0. The average molecular weight is 405 g/mol. The minimum absolute atomic E-state index is 0.0306. The van der Waals surface area contributed by atoms with Crippen LogP contribution >= 0.6 is 0 Å². The van der Waals surface area contributed by atoms with Gasteiger partial charge in [-0.3, -0.25) is 9.59 Å². The number of benzene rings is 1. The van der Waals surface area contributed by atoms with Crippen LogP contribution in [0, 0.1) is 0 Å². The largest absolute Gasteiger partial charge is 0.493 e. The highest BCUT2D eigenvalue weighted by molar-refractivity contribution is 5.82. The van der Waals surface area contributed by atoms with Gasteiger partial charge in [-0.25, -0.2) is 0 Å². The topological polar surface area (TPSA) is 65.1 Å². The van der Waals surface area contributed by atoms with E-state index in [9.17, 15) is 22.8 Å². The van der Waals surface area contributed by atoms with Crippen molar-refractivity contribution in [3.05, 3.63) is 23.8 Å². The standard InChI is InChI=1S/C19H26F3NO5/c1-18(2,3)28-17(25)11-23(4)16(24)9-7-13-6-8-14(15(10-13)26-5)27-12-19(20,21)22/h6,8,10H,7,9,11-12H2,1-5H3.